The number of benzene rings is 2. The van der Waals surface area contributed by atoms with Gasteiger partial charge in [0.25, 0.3) is 5.91 Å². The Morgan fingerprint density at radius 1 is 1.10 bits per heavy atom. The molecular weight excluding hydrogens is 250 g/mol. The van der Waals surface area contributed by atoms with Crippen molar-refractivity contribution in [1.82, 2.24) is 4.57 Å². The van der Waals surface area contributed by atoms with Gasteiger partial charge in [-0.05, 0) is 30.7 Å². The zero-order chi connectivity index (χ0) is 14.1. The molecule has 3 aromatic rings. The molecule has 0 fully saturated rings. The average Bonchev–Trinajstić information content (AvgIpc) is 2.85. The van der Waals surface area contributed by atoms with Crippen molar-refractivity contribution in [1.29, 1.82) is 0 Å². The number of hydrogen-bond acceptors (Lipinski definition) is 2. The molecule has 1 heterocycles. The Balaban J connectivity index is 2.23. The van der Waals surface area contributed by atoms with Crippen molar-refractivity contribution >= 4 is 23.1 Å². The van der Waals surface area contributed by atoms with E-state index in [-0.39, 0.29) is 5.91 Å². The molecule has 0 bridgehead atoms. The lowest BCUT2D eigenvalue weighted by Crippen LogP contribution is -2.10. The Bertz CT molecular complexity index is 800. The van der Waals surface area contributed by atoms with Crippen LogP contribution in [0.4, 0.5) is 0 Å². The second-order valence-corrected chi connectivity index (χ2v) is 4.76. The van der Waals surface area contributed by atoms with E-state index in [1.54, 1.807) is 22.9 Å². The van der Waals surface area contributed by atoms with Crippen LogP contribution >= 0.6 is 0 Å². The maximum Gasteiger partial charge on any atom is 0.262 e. The lowest BCUT2D eigenvalue weighted by Gasteiger charge is -2.04. The quantitative estimate of drug-likeness (QED) is 0.664. The standard InChI is InChI=1S/C17H13NO2/c1-12-7-8-15-14(11-19)10-18(16(15)9-12)17(20)13-5-3-2-4-6-13/h2-11H,1H3. The Hall–Kier alpha value is -2.68. The van der Waals surface area contributed by atoms with Crippen molar-refractivity contribution in [3.8, 4) is 0 Å². The van der Waals surface area contributed by atoms with Gasteiger partial charge >= 0.3 is 0 Å². The van der Waals surface area contributed by atoms with Gasteiger partial charge in [-0.25, -0.2) is 0 Å². The Labute approximate surface area is 116 Å². The van der Waals surface area contributed by atoms with Crippen LogP contribution in [-0.2, 0) is 0 Å². The van der Waals surface area contributed by atoms with E-state index in [4.69, 9.17) is 0 Å². The molecule has 0 atom stereocenters. The summed E-state index contributed by atoms with van der Waals surface area (Å²) in [5, 5.41) is 0.801. The predicted octanol–water partition coefficient (Wildman–Crippen LogP) is 3.45. The number of hydrogen-bond donors (Lipinski definition) is 0. The molecule has 3 heteroatoms. The van der Waals surface area contributed by atoms with Crippen LogP contribution in [-0.4, -0.2) is 16.8 Å². The van der Waals surface area contributed by atoms with Crippen molar-refractivity contribution in [2.24, 2.45) is 0 Å². The summed E-state index contributed by atoms with van der Waals surface area (Å²) in [6.07, 6.45) is 2.39. The topological polar surface area (TPSA) is 39.1 Å². The number of fused-ring (bicyclic) bond motifs is 1. The lowest BCUT2D eigenvalue weighted by molar-refractivity contribution is 0.0965. The molecule has 0 unspecified atom stereocenters. The summed E-state index contributed by atoms with van der Waals surface area (Å²) in [7, 11) is 0. The number of carbonyl (C=O) groups is 2. The number of aromatic nitrogens is 1. The molecule has 2 aromatic carbocycles. The highest BCUT2D eigenvalue weighted by molar-refractivity contribution is 6.07. The van der Waals surface area contributed by atoms with Gasteiger partial charge in [-0.2, -0.15) is 0 Å². The van der Waals surface area contributed by atoms with Crippen LogP contribution in [0.5, 0.6) is 0 Å². The minimum atomic E-state index is -0.130. The van der Waals surface area contributed by atoms with E-state index in [0.717, 1.165) is 22.8 Å². The summed E-state index contributed by atoms with van der Waals surface area (Å²) < 4.78 is 1.54. The fraction of sp³-hybridized carbons (Fsp3) is 0.0588. The molecule has 0 aliphatic carbocycles. The van der Waals surface area contributed by atoms with E-state index < -0.39 is 0 Å². The third kappa shape index (κ3) is 1.93. The van der Waals surface area contributed by atoms with Crippen molar-refractivity contribution < 1.29 is 9.59 Å². The van der Waals surface area contributed by atoms with Crippen molar-refractivity contribution in [3.63, 3.8) is 0 Å². The van der Waals surface area contributed by atoms with E-state index in [1.165, 1.54) is 0 Å². The third-order valence-corrected chi connectivity index (χ3v) is 3.36. The zero-order valence-electron chi connectivity index (χ0n) is 11.0. The molecule has 0 radical (unpaired) electrons. The van der Waals surface area contributed by atoms with Crippen LogP contribution < -0.4 is 0 Å². The number of rotatable bonds is 2. The smallest absolute Gasteiger partial charge is 0.262 e. The molecule has 0 N–H and O–H groups in total. The molecule has 3 rings (SSSR count). The predicted molar refractivity (Wildman–Crippen MR) is 78.2 cm³/mol. The molecule has 0 spiro atoms. The van der Waals surface area contributed by atoms with Gasteiger partial charge in [-0.15, -0.1) is 0 Å². The molecular formula is C17H13NO2. The molecule has 98 valence electrons. The molecule has 0 amide bonds. The second kappa shape index (κ2) is 4.78. The SMILES string of the molecule is Cc1ccc2c(C=O)cn(C(=O)c3ccccc3)c2c1. The van der Waals surface area contributed by atoms with Crippen LogP contribution in [0.1, 0.15) is 26.3 Å². The normalized spacial score (nSPS) is 10.7. The molecule has 0 aliphatic rings. The maximum atomic E-state index is 12.5. The molecule has 0 saturated heterocycles. The van der Waals surface area contributed by atoms with Gasteiger partial charge in [0.15, 0.2) is 6.29 Å². The molecule has 20 heavy (non-hydrogen) atoms. The van der Waals surface area contributed by atoms with E-state index in [9.17, 15) is 9.59 Å². The molecule has 1 aromatic heterocycles. The van der Waals surface area contributed by atoms with E-state index in [1.807, 2.05) is 43.3 Å². The minimum Gasteiger partial charge on any atom is -0.298 e. The fourth-order valence-electron chi connectivity index (χ4n) is 2.35. The molecule has 3 nitrogen and oxygen atoms in total. The summed E-state index contributed by atoms with van der Waals surface area (Å²) >= 11 is 0. The first-order valence-electron chi connectivity index (χ1n) is 6.37. The number of carbonyl (C=O) groups excluding carboxylic acids is 2. The minimum absolute atomic E-state index is 0.130. The Kier molecular flexibility index (Phi) is 2.95. The van der Waals surface area contributed by atoms with Crippen molar-refractivity contribution in [2.75, 3.05) is 0 Å². The zero-order valence-corrected chi connectivity index (χ0v) is 11.0. The number of aryl methyl sites for hydroxylation is 1. The average molecular weight is 263 g/mol. The van der Waals surface area contributed by atoms with E-state index >= 15 is 0 Å². The second-order valence-electron chi connectivity index (χ2n) is 4.76. The summed E-state index contributed by atoms with van der Waals surface area (Å²) in [5.74, 6) is -0.130. The van der Waals surface area contributed by atoms with E-state index in [0.29, 0.717) is 11.1 Å². The van der Waals surface area contributed by atoms with Gasteiger partial charge < -0.3 is 0 Å². The van der Waals surface area contributed by atoms with Gasteiger partial charge in [-0.1, -0.05) is 30.3 Å². The van der Waals surface area contributed by atoms with Crippen molar-refractivity contribution in [3.05, 3.63) is 71.4 Å². The van der Waals surface area contributed by atoms with Crippen LogP contribution in [0, 0.1) is 6.92 Å². The first-order chi connectivity index (χ1) is 9.70. The molecule has 0 saturated carbocycles. The van der Waals surface area contributed by atoms with Crippen molar-refractivity contribution in [2.45, 2.75) is 6.92 Å². The first kappa shape index (κ1) is 12.4. The van der Waals surface area contributed by atoms with Gasteiger partial charge in [0.2, 0.25) is 0 Å². The third-order valence-electron chi connectivity index (χ3n) is 3.36. The summed E-state index contributed by atoms with van der Waals surface area (Å²) in [6, 6.07) is 14.8. The highest BCUT2D eigenvalue weighted by Gasteiger charge is 2.14. The van der Waals surface area contributed by atoms with Gasteiger partial charge in [0.05, 0.1) is 5.52 Å². The maximum absolute atomic E-state index is 12.5. The first-order valence-corrected chi connectivity index (χ1v) is 6.37. The summed E-state index contributed by atoms with van der Waals surface area (Å²) in [4.78, 5) is 23.7. The summed E-state index contributed by atoms with van der Waals surface area (Å²) in [5.41, 5.74) is 2.95. The lowest BCUT2D eigenvalue weighted by atomic mass is 10.1. The van der Waals surface area contributed by atoms with Crippen LogP contribution in [0.2, 0.25) is 0 Å². The van der Waals surface area contributed by atoms with Crippen LogP contribution in [0.15, 0.2) is 54.7 Å². The van der Waals surface area contributed by atoms with E-state index in [2.05, 4.69) is 0 Å². The van der Waals surface area contributed by atoms with Gasteiger partial charge in [0, 0.05) is 22.7 Å². The molecule has 0 aliphatic heterocycles. The fourth-order valence-corrected chi connectivity index (χ4v) is 2.35. The number of nitrogens with zero attached hydrogens (tertiary/aromatic N) is 1. The highest BCUT2D eigenvalue weighted by Crippen LogP contribution is 2.22. The monoisotopic (exact) mass is 263 g/mol. The van der Waals surface area contributed by atoms with Gasteiger partial charge in [0.1, 0.15) is 0 Å². The van der Waals surface area contributed by atoms with Crippen LogP contribution in [0.25, 0.3) is 10.9 Å². The van der Waals surface area contributed by atoms with Gasteiger partial charge in [-0.3, -0.25) is 14.2 Å². The van der Waals surface area contributed by atoms with Crippen LogP contribution in [0.3, 0.4) is 0 Å². The highest BCUT2D eigenvalue weighted by atomic mass is 16.2. The largest absolute Gasteiger partial charge is 0.298 e. The Morgan fingerprint density at radius 3 is 2.55 bits per heavy atom. The summed E-state index contributed by atoms with van der Waals surface area (Å²) in [6.45, 7) is 1.96. The number of aldehydes is 1. The Morgan fingerprint density at radius 2 is 1.85 bits per heavy atom.